The van der Waals surface area contributed by atoms with Gasteiger partial charge in [-0.05, 0) is 19.1 Å². The molecule has 76 valence electrons. The lowest BCUT2D eigenvalue weighted by Crippen LogP contribution is -2.35. The van der Waals surface area contributed by atoms with Gasteiger partial charge in [-0.25, -0.2) is 0 Å². The van der Waals surface area contributed by atoms with Crippen LogP contribution in [0.4, 0.5) is 0 Å². The van der Waals surface area contributed by atoms with Gasteiger partial charge in [0.05, 0.1) is 5.56 Å². The molecule has 0 radical (unpaired) electrons. The third kappa shape index (κ3) is 2.74. The Hall–Kier alpha value is -1.55. The SMILES string of the molecule is C[C@@H](N)CNC(=O)c1ccccc1O. The maximum absolute atomic E-state index is 11.4. The first kappa shape index (κ1) is 10.5. The lowest BCUT2D eigenvalue weighted by molar-refractivity contribution is 0.0949. The zero-order valence-corrected chi connectivity index (χ0v) is 8.03. The van der Waals surface area contributed by atoms with Crippen LogP contribution >= 0.6 is 0 Å². The standard InChI is InChI=1S/C10H14N2O2/c1-7(11)6-12-10(14)8-4-2-3-5-9(8)13/h2-5,7,13H,6,11H2,1H3,(H,12,14)/t7-/m1/s1. The summed E-state index contributed by atoms with van der Waals surface area (Å²) < 4.78 is 0. The third-order valence-electron chi connectivity index (χ3n) is 1.73. The fraction of sp³-hybridized carbons (Fsp3) is 0.300. The summed E-state index contributed by atoms with van der Waals surface area (Å²) in [5.74, 6) is -0.324. The van der Waals surface area contributed by atoms with E-state index in [4.69, 9.17) is 5.73 Å². The molecule has 1 amide bonds. The van der Waals surface area contributed by atoms with Crippen LogP contribution < -0.4 is 11.1 Å². The van der Waals surface area contributed by atoms with Crippen LogP contribution in [0, 0.1) is 0 Å². The van der Waals surface area contributed by atoms with Crippen LogP contribution in [-0.2, 0) is 0 Å². The molecule has 0 bridgehead atoms. The average molecular weight is 194 g/mol. The molecule has 0 aliphatic heterocycles. The van der Waals surface area contributed by atoms with Crippen molar-refractivity contribution in [2.75, 3.05) is 6.54 Å². The Balaban J connectivity index is 2.65. The van der Waals surface area contributed by atoms with Gasteiger partial charge in [0.15, 0.2) is 0 Å². The number of benzene rings is 1. The van der Waals surface area contributed by atoms with E-state index in [-0.39, 0.29) is 23.3 Å². The normalized spacial score (nSPS) is 12.1. The highest BCUT2D eigenvalue weighted by Gasteiger charge is 2.09. The predicted octanol–water partition coefficient (Wildman–Crippen LogP) is 0.469. The Morgan fingerprint density at radius 1 is 1.57 bits per heavy atom. The van der Waals surface area contributed by atoms with Gasteiger partial charge in [0, 0.05) is 12.6 Å². The molecule has 0 aromatic heterocycles. The van der Waals surface area contributed by atoms with Crippen molar-refractivity contribution >= 4 is 5.91 Å². The van der Waals surface area contributed by atoms with E-state index in [9.17, 15) is 9.90 Å². The molecule has 1 rings (SSSR count). The molecule has 1 aromatic carbocycles. The highest BCUT2D eigenvalue weighted by atomic mass is 16.3. The Labute approximate surface area is 82.7 Å². The second-order valence-electron chi connectivity index (χ2n) is 3.20. The number of hydrogen-bond donors (Lipinski definition) is 3. The van der Waals surface area contributed by atoms with E-state index in [1.807, 2.05) is 0 Å². The van der Waals surface area contributed by atoms with E-state index < -0.39 is 0 Å². The number of carbonyl (C=O) groups excluding carboxylic acids is 1. The summed E-state index contributed by atoms with van der Waals surface area (Å²) in [4.78, 5) is 11.4. The van der Waals surface area contributed by atoms with Crippen molar-refractivity contribution < 1.29 is 9.90 Å². The first-order chi connectivity index (χ1) is 6.61. The van der Waals surface area contributed by atoms with Crippen LogP contribution in [0.15, 0.2) is 24.3 Å². The van der Waals surface area contributed by atoms with Crippen molar-refractivity contribution in [3.63, 3.8) is 0 Å². The average Bonchev–Trinajstić information content (AvgIpc) is 2.15. The number of rotatable bonds is 3. The van der Waals surface area contributed by atoms with Gasteiger partial charge in [-0.2, -0.15) is 0 Å². The summed E-state index contributed by atoms with van der Waals surface area (Å²) in [5, 5.41) is 12.0. The largest absolute Gasteiger partial charge is 0.507 e. The summed E-state index contributed by atoms with van der Waals surface area (Å²) >= 11 is 0. The van der Waals surface area contributed by atoms with Gasteiger partial charge in [-0.1, -0.05) is 12.1 Å². The highest BCUT2D eigenvalue weighted by Crippen LogP contribution is 2.14. The Kier molecular flexibility index (Phi) is 3.48. The quantitative estimate of drug-likeness (QED) is 0.654. The molecule has 1 atom stereocenters. The number of nitrogens with one attached hydrogen (secondary N) is 1. The summed E-state index contributed by atoms with van der Waals surface area (Å²) in [6.07, 6.45) is 0. The van der Waals surface area contributed by atoms with Crippen LogP contribution in [0.25, 0.3) is 0 Å². The molecule has 0 aliphatic rings. The minimum absolute atomic E-state index is 0.0188. The van der Waals surface area contributed by atoms with E-state index in [1.165, 1.54) is 6.07 Å². The topological polar surface area (TPSA) is 75.3 Å². The van der Waals surface area contributed by atoms with E-state index in [0.717, 1.165) is 0 Å². The van der Waals surface area contributed by atoms with Crippen molar-refractivity contribution in [1.82, 2.24) is 5.32 Å². The Morgan fingerprint density at radius 2 is 2.21 bits per heavy atom. The summed E-state index contributed by atoms with van der Waals surface area (Å²) in [5.41, 5.74) is 5.75. The minimum atomic E-state index is -0.305. The van der Waals surface area contributed by atoms with Crippen LogP contribution in [0.2, 0.25) is 0 Å². The zero-order chi connectivity index (χ0) is 10.6. The lowest BCUT2D eigenvalue weighted by atomic mass is 10.2. The van der Waals surface area contributed by atoms with Crippen LogP contribution in [0.5, 0.6) is 5.75 Å². The molecule has 0 spiro atoms. The molecule has 0 heterocycles. The number of hydrogen-bond acceptors (Lipinski definition) is 3. The molecular formula is C10H14N2O2. The molecule has 4 N–H and O–H groups in total. The number of amides is 1. The van der Waals surface area contributed by atoms with Crippen LogP contribution in [0.3, 0.4) is 0 Å². The van der Waals surface area contributed by atoms with Crippen LogP contribution in [0.1, 0.15) is 17.3 Å². The van der Waals surface area contributed by atoms with Crippen LogP contribution in [-0.4, -0.2) is 23.6 Å². The number of para-hydroxylation sites is 1. The van der Waals surface area contributed by atoms with Gasteiger partial charge in [-0.3, -0.25) is 4.79 Å². The molecule has 1 aromatic rings. The predicted molar refractivity (Wildman–Crippen MR) is 54.1 cm³/mol. The summed E-state index contributed by atoms with van der Waals surface area (Å²) in [7, 11) is 0. The lowest BCUT2D eigenvalue weighted by Gasteiger charge is -2.08. The molecule has 14 heavy (non-hydrogen) atoms. The smallest absolute Gasteiger partial charge is 0.255 e. The highest BCUT2D eigenvalue weighted by molar-refractivity contribution is 5.96. The van der Waals surface area contributed by atoms with Gasteiger partial charge in [0.2, 0.25) is 0 Å². The number of carbonyl (C=O) groups is 1. The second-order valence-corrected chi connectivity index (χ2v) is 3.20. The fourth-order valence-corrected chi connectivity index (χ4v) is 1.01. The Bertz CT molecular complexity index is 324. The molecule has 4 nitrogen and oxygen atoms in total. The number of aromatic hydroxyl groups is 1. The van der Waals surface area contributed by atoms with E-state index in [2.05, 4.69) is 5.32 Å². The molecular weight excluding hydrogens is 180 g/mol. The minimum Gasteiger partial charge on any atom is -0.507 e. The van der Waals surface area contributed by atoms with Crippen molar-refractivity contribution in [2.45, 2.75) is 13.0 Å². The summed E-state index contributed by atoms with van der Waals surface area (Å²) in [6, 6.07) is 6.30. The van der Waals surface area contributed by atoms with Crippen molar-refractivity contribution in [3.8, 4) is 5.75 Å². The number of phenols is 1. The van der Waals surface area contributed by atoms with E-state index in [0.29, 0.717) is 6.54 Å². The van der Waals surface area contributed by atoms with Crippen molar-refractivity contribution in [2.24, 2.45) is 5.73 Å². The molecule has 0 saturated heterocycles. The monoisotopic (exact) mass is 194 g/mol. The van der Waals surface area contributed by atoms with Gasteiger partial charge in [0.1, 0.15) is 5.75 Å². The van der Waals surface area contributed by atoms with E-state index >= 15 is 0 Å². The van der Waals surface area contributed by atoms with Crippen molar-refractivity contribution in [1.29, 1.82) is 0 Å². The van der Waals surface area contributed by atoms with Gasteiger partial charge < -0.3 is 16.2 Å². The second kappa shape index (κ2) is 4.62. The molecule has 0 aliphatic carbocycles. The zero-order valence-electron chi connectivity index (χ0n) is 8.03. The van der Waals surface area contributed by atoms with E-state index in [1.54, 1.807) is 25.1 Å². The third-order valence-corrected chi connectivity index (χ3v) is 1.73. The fourth-order valence-electron chi connectivity index (χ4n) is 1.01. The van der Waals surface area contributed by atoms with Crippen molar-refractivity contribution in [3.05, 3.63) is 29.8 Å². The Morgan fingerprint density at radius 3 is 2.79 bits per heavy atom. The summed E-state index contributed by atoms with van der Waals surface area (Å²) in [6.45, 7) is 2.19. The maximum Gasteiger partial charge on any atom is 0.255 e. The molecule has 4 heteroatoms. The maximum atomic E-state index is 11.4. The molecule has 0 fully saturated rings. The number of phenolic OH excluding ortho intramolecular Hbond substituents is 1. The molecule has 0 saturated carbocycles. The first-order valence-electron chi connectivity index (χ1n) is 4.43. The van der Waals surface area contributed by atoms with Gasteiger partial charge >= 0.3 is 0 Å². The molecule has 0 unspecified atom stereocenters. The van der Waals surface area contributed by atoms with Gasteiger partial charge in [0.25, 0.3) is 5.91 Å². The number of nitrogens with two attached hydrogens (primary N) is 1. The first-order valence-corrected chi connectivity index (χ1v) is 4.43. The van der Waals surface area contributed by atoms with Gasteiger partial charge in [-0.15, -0.1) is 0 Å².